The minimum atomic E-state index is -3.61. The number of anilines is 1. The SMILES string of the molecule is Cc1ccc(S(=O)(=O)N(C)c2ccc([18F])cc2)cc1. The lowest BCUT2D eigenvalue weighted by molar-refractivity contribution is 0.594. The Hall–Kier alpha value is -1.88. The summed E-state index contributed by atoms with van der Waals surface area (Å²) in [6.07, 6.45) is 0. The Kier molecular flexibility index (Phi) is 3.57. The summed E-state index contributed by atoms with van der Waals surface area (Å²) in [6, 6.07) is 11.9. The maximum Gasteiger partial charge on any atom is 0.264 e. The van der Waals surface area contributed by atoms with Gasteiger partial charge in [-0.2, -0.15) is 0 Å². The Balaban J connectivity index is 2.39. The van der Waals surface area contributed by atoms with Crippen LogP contribution < -0.4 is 4.31 Å². The molecular formula is C14H14FNO2S. The third-order valence-electron chi connectivity index (χ3n) is 2.87. The minimum Gasteiger partial charge on any atom is -0.269 e. The van der Waals surface area contributed by atoms with Crippen molar-refractivity contribution in [2.24, 2.45) is 0 Å². The van der Waals surface area contributed by atoms with E-state index in [0.717, 1.165) is 9.87 Å². The van der Waals surface area contributed by atoms with Crippen LogP contribution in [0.3, 0.4) is 0 Å². The predicted molar refractivity (Wildman–Crippen MR) is 73.2 cm³/mol. The fourth-order valence-electron chi connectivity index (χ4n) is 1.66. The molecule has 0 aliphatic heterocycles. The number of hydrogen-bond donors (Lipinski definition) is 0. The van der Waals surface area contributed by atoms with Crippen LogP contribution in [-0.4, -0.2) is 15.5 Å². The van der Waals surface area contributed by atoms with Crippen LogP contribution >= 0.6 is 0 Å². The zero-order valence-corrected chi connectivity index (χ0v) is 11.5. The van der Waals surface area contributed by atoms with Gasteiger partial charge in [-0.1, -0.05) is 17.7 Å². The van der Waals surface area contributed by atoms with E-state index in [1.807, 2.05) is 6.92 Å². The van der Waals surface area contributed by atoms with Gasteiger partial charge in [0.1, 0.15) is 5.82 Å². The Morgan fingerprint density at radius 2 is 1.47 bits per heavy atom. The molecular weight excluding hydrogens is 264 g/mol. The average Bonchev–Trinajstić information content (AvgIpc) is 2.39. The molecule has 5 heteroatoms. The quantitative estimate of drug-likeness (QED) is 0.865. The van der Waals surface area contributed by atoms with Crippen molar-refractivity contribution in [3.63, 3.8) is 0 Å². The van der Waals surface area contributed by atoms with E-state index in [1.54, 1.807) is 24.3 Å². The summed E-state index contributed by atoms with van der Waals surface area (Å²) in [5, 5.41) is 0. The second-order valence-electron chi connectivity index (χ2n) is 4.26. The third-order valence-corrected chi connectivity index (χ3v) is 4.67. The lowest BCUT2D eigenvalue weighted by atomic mass is 10.2. The molecule has 0 aliphatic carbocycles. The van der Waals surface area contributed by atoms with Crippen molar-refractivity contribution < 1.29 is 12.8 Å². The third kappa shape index (κ3) is 2.76. The fourth-order valence-corrected chi connectivity index (χ4v) is 2.85. The monoisotopic (exact) mass is 278 g/mol. The van der Waals surface area contributed by atoms with Crippen molar-refractivity contribution >= 4 is 15.7 Å². The number of halogens is 1. The van der Waals surface area contributed by atoms with Crippen LogP contribution in [0.4, 0.5) is 10.1 Å². The van der Waals surface area contributed by atoms with Crippen LogP contribution in [0.25, 0.3) is 0 Å². The zero-order chi connectivity index (χ0) is 14.0. The van der Waals surface area contributed by atoms with Gasteiger partial charge in [0.15, 0.2) is 0 Å². The van der Waals surface area contributed by atoms with Gasteiger partial charge in [-0.3, -0.25) is 4.31 Å². The highest BCUT2D eigenvalue weighted by atomic mass is 32.2. The summed E-state index contributed by atoms with van der Waals surface area (Å²) >= 11 is 0. The van der Waals surface area contributed by atoms with Crippen molar-refractivity contribution in [3.05, 3.63) is 59.9 Å². The van der Waals surface area contributed by atoms with Gasteiger partial charge in [0, 0.05) is 7.05 Å². The van der Waals surface area contributed by atoms with Gasteiger partial charge >= 0.3 is 0 Å². The summed E-state index contributed by atoms with van der Waals surface area (Å²) in [4.78, 5) is 0.213. The minimum absolute atomic E-state index is 0.213. The smallest absolute Gasteiger partial charge is 0.264 e. The van der Waals surface area contributed by atoms with Gasteiger partial charge in [-0.25, -0.2) is 12.8 Å². The molecule has 19 heavy (non-hydrogen) atoms. The summed E-state index contributed by atoms with van der Waals surface area (Å²) in [6.45, 7) is 1.89. The molecule has 0 atom stereocenters. The van der Waals surface area contributed by atoms with Crippen LogP contribution in [0, 0.1) is 12.7 Å². The van der Waals surface area contributed by atoms with E-state index in [2.05, 4.69) is 0 Å². The molecule has 0 aromatic heterocycles. The lowest BCUT2D eigenvalue weighted by Crippen LogP contribution is -2.26. The highest BCUT2D eigenvalue weighted by Crippen LogP contribution is 2.22. The molecule has 0 saturated heterocycles. The first-order chi connectivity index (χ1) is 8.91. The van der Waals surface area contributed by atoms with Crippen LogP contribution in [0.15, 0.2) is 53.4 Å². The van der Waals surface area contributed by atoms with Gasteiger partial charge in [0.05, 0.1) is 10.6 Å². The highest BCUT2D eigenvalue weighted by molar-refractivity contribution is 7.92. The maximum absolute atomic E-state index is 12.8. The summed E-state index contributed by atoms with van der Waals surface area (Å²) in [5.41, 5.74) is 1.41. The van der Waals surface area contributed by atoms with Crippen LogP contribution in [0.5, 0.6) is 0 Å². The van der Waals surface area contributed by atoms with Gasteiger partial charge in [0.2, 0.25) is 0 Å². The molecule has 0 spiro atoms. The lowest BCUT2D eigenvalue weighted by Gasteiger charge is -2.19. The van der Waals surface area contributed by atoms with Crippen LogP contribution in [0.1, 0.15) is 5.56 Å². The number of hydrogen-bond acceptors (Lipinski definition) is 2. The number of rotatable bonds is 3. The number of benzene rings is 2. The van der Waals surface area contributed by atoms with Gasteiger partial charge < -0.3 is 0 Å². The molecule has 0 unspecified atom stereocenters. The first kappa shape index (κ1) is 13.5. The van der Waals surface area contributed by atoms with Gasteiger partial charge in [-0.15, -0.1) is 0 Å². The van der Waals surface area contributed by atoms with E-state index in [9.17, 15) is 12.8 Å². The molecule has 0 amide bonds. The van der Waals surface area contributed by atoms with Crippen molar-refractivity contribution in [1.29, 1.82) is 0 Å². The molecule has 2 aromatic rings. The van der Waals surface area contributed by atoms with E-state index in [-0.39, 0.29) is 4.90 Å². The molecule has 0 aliphatic rings. The Bertz CT molecular complexity index is 664. The van der Waals surface area contributed by atoms with Crippen LogP contribution in [0.2, 0.25) is 0 Å². The van der Waals surface area contributed by atoms with Gasteiger partial charge in [-0.05, 0) is 43.3 Å². The summed E-state index contributed by atoms with van der Waals surface area (Å²) < 4.78 is 38.7. The molecule has 0 radical (unpaired) electrons. The second-order valence-corrected chi connectivity index (χ2v) is 6.23. The normalized spacial score (nSPS) is 11.3. The molecule has 0 heterocycles. The Morgan fingerprint density at radius 3 is 2.00 bits per heavy atom. The first-order valence-electron chi connectivity index (χ1n) is 5.72. The van der Waals surface area contributed by atoms with Gasteiger partial charge in [0.25, 0.3) is 10.0 Å². The number of aryl methyl sites for hydroxylation is 1. The summed E-state index contributed by atoms with van der Waals surface area (Å²) in [5.74, 6) is -0.398. The molecule has 2 aromatic carbocycles. The fraction of sp³-hybridized carbons (Fsp3) is 0.143. The van der Waals surface area contributed by atoms with Crippen molar-refractivity contribution in [2.45, 2.75) is 11.8 Å². The molecule has 0 fully saturated rings. The van der Waals surface area contributed by atoms with E-state index in [1.165, 1.54) is 31.3 Å². The Morgan fingerprint density at radius 1 is 0.947 bits per heavy atom. The van der Waals surface area contributed by atoms with E-state index in [4.69, 9.17) is 0 Å². The predicted octanol–water partition coefficient (Wildman–Crippen LogP) is 2.96. The molecule has 0 N–H and O–H groups in total. The van der Waals surface area contributed by atoms with Crippen molar-refractivity contribution in [2.75, 3.05) is 11.4 Å². The zero-order valence-electron chi connectivity index (χ0n) is 10.7. The molecule has 3 nitrogen and oxygen atoms in total. The van der Waals surface area contributed by atoms with Crippen LogP contribution in [-0.2, 0) is 10.0 Å². The van der Waals surface area contributed by atoms with E-state index >= 15 is 0 Å². The van der Waals surface area contributed by atoms with E-state index < -0.39 is 15.8 Å². The first-order valence-corrected chi connectivity index (χ1v) is 7.16. The molecule has 100 valence electrons. The number of sulfonamides is 1. The van der Waals surface area contributed by atoms with Crippen molar-refractivity contribution in [1.82, 2.24) is 0 Å². The Labute approximate surface area is 112 Å². The molecule has 0 bridgehead atoms. The number of nitrogens with zero attached hydrogens (tertiary/aromatic N) is 1. The highest BCUT2D eigenvalue weighted by Gasteiger charge is 2.20. The van der Waals surface area contributed by atoms with Crippen molar-refractivity contribution in [3.8, 4) is 0 Å². The molecule has 0 saturated carbocycles. The second kappa shape index (κ2) is 5.01. The maximum atomic E-state index is 12.8. The standard InChI is InChI=1S/C14H14FNO2S/c1-11-3-9-14(10-4-11)19(17,18)16(2)13-7-5-12(15)6-8-13/h3-10H,1-2H3/i15-1. The van der Waals surface area contributed by atoms with E-state index in [0.29, 0.717) is 5.69 Å². The largest absolute Gasteiger partial charge is 0.269 e. The molecule has 2 rings (SSSR count). The topological polar surface area (TPSA) is 37.4 Å². The summed E-state index contributed by atoms with van der Waals surface area (Å²) in [7, 11) is -2.16. The average molecular weight is 278 g/mol.